The van der Waals surface area contributed by atoms with Gasteiger partial charge in [0.1, 0.15) is 0 Å². The molecule has 8 aromatic rings. The Hall–Kier alpha value is -5.80. The van der Waals surface area contributed by atoms with E-state index in [1.165, 1.54) is 65.7 Å². The molecule has 3 heteroatoms. The van der Waals surface area contributed by atoms with E-state index in [0.29, 0.717) is 5.78 Å². The van der Waals surface area contributed by atoms with Gasteiger partial charge in [0, 0.05) is 23.5 Å². The van der Waals surface area contributed by atoms with Gasteiger partial charge in [0.05, 0.1) is 11.4 Å². The van der Waals surface area contributed by atoms with E-state index < -0.39 is 0 Å². The predicted octanol–water partition coefficient (Wildman–Crippen LogP) is 10.3. The number of fused-ring (bicyclic) bond motifs is 4. The molecule has 0 bridgehead atoms. The van der Waals surface area contributed by atoms with Crippen LogP contribution in [0.5, 0.6) is 0 Å². The molecule has 0 fully saturated rings. The first-order valence-electron chi connectivity index (χ1n) is 15.6. The van der Waals surface area contributed by atoms with Gasteiger partial charge in [-0.3, -0.25) is 4.40 Å². The van der Waals surface area contributed by atoms with Gasteiger partial charge in [0.25, 0.3) is 0 Å². The molecular formula is C42H27N3. The highest BCUT2D eigenvalue weighted by molar-refractivity contribution is 6.17. The van der Waals surface area contributed by atoms with Crippen molar-refractivity contribution in [3.8, 4) is 33.6 Å². The Morgan fingerprint density at radius 3 is 2.18 bits per heavy atom. The fraction of sp³-hybridized carbons (Fsp3) is 0.0476. The summed E-state index contributed by atoms with van der Waals surface area (Å²) in [4.78, 5) is 9.62. The van der Waals surface area contributed by atoms with Crippen molar-refractivity contribution in [3.05, 3.63) is 150 Å². The molecule has 2 aliphatic carbocycles. The molecule has 2 aliphatic rings. The Morgan fingerprint density at radius 1 is 0.556 bits per heavy atom. The van der Waals surface area contributed by atoms with Crippen LogP contribution in [0.4, 0.5) is 0 Å². The van der Waals surface area contributed by atoms with Gasteiger partial charge >= 0.3 is 0 Å². The van der Waals surface area contributed by atoms with E-state index in [-0.39, 0.29) is 0 Å². The van der Waals surface area contributed by atoms with E-state index in [1.807, 2.05) is 6.07 Å². The second-order valence-electron chi connectivity index (χ2n) is 12.2. The predicted molar refractivity (Wildman–Crippen MR) is 187 cm³/mol. The zero-order valence-corrected chi connectivity index (χ0v) is 24.5. The van der Waals surface area contributed by atoms with E-state index in [9.17, 15) is 0 Å². The average molecular weight is 574 g/mol. The summed E-state index contributed by atoms with van der Waals surface area (Å²) in [7, 11) is 0. The third-order valence-corrected chi connectivity index (χ3v) is 9.68. The number of rotatable bonds is 3. The maximum Gasteiger partial charge on any atom is 0.234 e. The summed E-state index contributed by atoms with van der Waals surface area (Å²) in [6.45, 7) is 0. The quantitative estimate of drug-likeness (QED) is 0.197. The molecule has 0 unspecified atom stereocenters. The van der Waals surface area contributed by atoms with Crippen molar-refractivity contribution >= 4 is 50.2 Å². The summed E-state index contributed by atoms with van der Waals surface area (Å²) in [5, 5.41) is 8.00. The normalized spacial score (nSPS) is 13.4. The molecule has 210 valence electrons. The fourth-order valence-corrected chi connectivity index (χ4v) is 7.66. The van der Waals surface area contributed by atoms with Gasteiger partial charge in [0.2, 0.25) is 5.78 Å². The molecular weight excluding hydrogens is 546 g/mol. The monoisotopic (exact) mass is 573 g/mol. The van der Waals surface area contributed by atoms with Crippen molar-refractivity contribution in [2.75, 3.05) is 0 Å². The van der Waals surface area contributed by atoms with Crippen LogP contribution in [-0.4, -0.2) is 14.4 Å². The molecule has 0 amide bonds. The van der Waals surface area contributed by atoms with Gasteiger partial charge in [-0.25, -0.2) is 9.97 Å². The van der Waals surface area contributed by atoms with E-state index in [0.717, 1.165) is 35.4 Å². The van der Waals surface area contributed by atoms with Crippen LogP contribution in [0.25, 0.3) is 83.9 Å². The number of allylic oxidation sites excluding steroid dienone is 2. The Kier molecular flexibility index (Phi) is 5.11. The van der Waals surface area contributed by atoms with Gasteiger partial charge in [-0.05, 0) is 103 Å². The summed E-state index contributed by atoms with van der Waals surface area (Å²) < 4.78 is 2.10. The van der Waals surface area contributed by atoms with E-state index in [2.05, 4.69) is 137 Å². The zero-order chi connectivity index (χ0) is 29.5. The number of hydrogen-bond acceptors (Lipinski definition) is 2. The molecule has 0 atom stereocenters. The lowest BCUT2D eigenvalue weighted by Crippen LogP contribution is -2.04. The van der Waals surface area contributed by atoms with Crippen LogP contribution in [0.3, 0.4) is 0 Å². The fourth-order valence-electron chi connectivity index (χ4n) is 7.66. The van der Waals surface area contributed by atoms with Crippen molar-refractivity contribution in [3.63, 3.8) is 0 Å². The largest absolute Gasteiger partial charge is 0.283 e. The highest BCUT2D eigenvalue weighted by Gasteiger charge is 2.22. The van der Waals surface area contributed by atoms with Crippen LogP contribution in [-0.2, 0) is 12.8 Å². The summed E-state index contributed by atoms with van der Waals surface area (Å²) in [5.41, 5.74) is 12.3. The lowest BCUT2D eigenvalue weighted by Gasteiger charge is -2.24. The van der Waals surface area contributed by atoms with Crippen molar-refractivity contribution in [2.24, 2.45) is 0 Å². The van der Waals surface area contributed by atoms with Crippen LogP contribution < -0.4 is 0 Å². The molecule has 2 heterocycles. The minimum atomic E-state index is 0.699. The summed E-state index contributed by atoms with van der Waals surface area (Å²) >= 11 is 0. The minimum Gasteiger partial charge on any atom is -0.283 e. The van der Waals surface area contributed by atoms with Crippen molar-refractivity contribution in [1.29, 1.82) is 0 Å². The number of aromatic nitrogens is 3. The molecule has 2 aromatic heterocycles. The van der Waals surface area contributed by atoms with Crippen LogP contribution in [0, 0.1) is 0 Å². The molecule has 0 saturated heterocycles. The van der Waals surface area contributed by atoms with Crippen LogP contribution >= 0.6 is 0 Å². The van der Waals surface area contributed by atoms with E-state index in [1.54, 1.807) is 6.20 Å². The molecule has 0 N–H and O–H groups in total. The van der Waals surface area contributed by atoms with Gasteiger partial charge in [-0.15, -0.1) is 0 Å². The van der Waals surface area contributed by atoms with Crippen molar-refractivity contribution < 1.29 is 0 Å². The Morgan fingerprint density at radius 2 is 1.31 bits per heavy atom. The first-order valence-corrected chi connectivity index (χ1v) is 15.6. The lowest BCUT2D eigenvalue weighted by atomic mass is 9.80. The van der Waals surface area contributed by atoms with Gasteiger partial charge in [0.15, 0.2) is 0 Å². The first kappa shape index (κ1) is 24.6. The molecule has 0 spiro atoms. The minimum absolute atomic E-state index is 0.699. The van der Waals surface area contributed by atoms with E-state index in [4.69, 9.17) is 4.98 Å². The number of imidazole rings is 1. The maximum absolute atomic E-state index is 5.03. The summed E-state index contributed by atoms with van der Waals surface area (Å²) in [5.74, 6) is 0.699. The van der Waals surface area contributed by atoms with Crippen LogP contribution in [0.1, 0.15) is 22.3 Å². The molecule has 0 radical (unpaired) electrons. The molecule has 3 nitrogen and oxygen atoms in total. The summed E-state index contributed by atoms with van der Waals surface area (Å²) in [6.07, 6.45) is 15.1. The first-order chi connectivity index (χ1) is 22.3. The lowest BCUT2D eigenvalue weighted by molar-refractivity contribution is 1.11. The smallest absolute Gasteiger partial charge is 0.234 e. The van der Waals surface area contributed by atoms with Crippen molar-refractivity contribution in [2.45, 2.75) is 12.8 Å². The average Bonchev–Trinajstić information content (AvgIpc) is 3.50. The Balaban J connectivity index is 1.13. The van der Waals surface area contributed by atoms with Crippen LogP contribution in [0.2, 0.25) is 0 Å². The van der Waals surface area contributed by atoms with Crippen molar-refractivity contribution in [1.82, 2.24) is 14.4 Å². The van der Waals surface area contributed by atoms with Gasteiger partial charge in [-0.2, -0.15) is 0 Å². The third kappa shape index (κ3) is 3.64. The molecule has 0 aliphatic heterocycles. The highest BCUT2D eigenvalue weighted by atomic mass is 15.1. The number of nitrogens with zero attached hydrogens (tertiary/aromatic N) is 3. The third-order valence-electron chi connectivity index (χ3n) is 9.68. The topological polar surface area (TPSA) is 30.2 Å². The summed E-state index contributed by atoms with van der Waals surface area (Å²) in [6, 6.07) is 37.5. The highest BCUT2D eigenvalue weighted by Crippen LogP contribution is 2.43. The van der Waals surface area contributed by atoms with E-state index >= 15 is 0 Å². The van der Waals surface area contributed by atoms with Gasteiger partial charge < -0.3 is 0 Å². The molecule has 6 aromatic carbocycles. The Labute approximate surface area is 260 Å². The number of hydrogen-bond donors (Lipinski definition) is 0. The molecule has 10 rings (SSSR count). The second kappa shape index (κ2) is 9.35. The van der Waals surface area contributed by atoms with Crippen LogP contribution in [0.15, 0.2) is 128 Å². The molecule has 45 heavy (non-hydrogen) atoms. The maximum atomic E-state index is 5.03. The molecule has 0 saturated carbocycles. The zero-order valence-electron chi connectivity index (χ0n) is 24.5. The standard InChI is InChI=1S/C42H27N3/c1-2-8-30-23-32(20-17-26(30)7-1)41-40(44-42-43-21-6-22-45(41)42)29-18-15-27(16-19-29)33-24-31-11-5-13-35-34-12-3-9-28-10-4-14-36(38(28)34)37(25-33)39(31)35/h1-11,14-25H,12-13H2. The van der Waals surface area contributed by atoms with Gasteiger partial charge in [-0.1, -0.05) is 103 Å². The Bertz CT molecular complexity index is 2580. The number of benzene rings is 6. The SMILES string of the molecule is C1=Cc2cccc3c2c(c2c4c(cc(-c5ccc(-c6nc7ncccn7c6-c6ccc7ccccc7c6)cc5)cc43)C=CC2)C1. The second-order valence-corrected chi connectivity index (χ2v) is 12.2.